The largest absolute Gasteiger partial charge is 0.447 e. The molecule has 136 valence electrons. The fraction of sp³-hybridized carbons (Fsp3) is 0.357. The molecule has 0 aliphatic carbocycles. The first-order valence-electron chi connectivity index (χ1n) is 6.68. The second-order valence-electron chi connectivity index (χ2n) is 4.46. The van der Waals surface area contributed by atoms with Gasteiger partial charge in [-0.15, -0.1) is 12.4 Å². The Balaban J connectivity index is 0. The van der Waals surface area contributed by atoms with E-state index < -0.39 is 12.0 Å². The van der Waals surface area contributed by atoms with Gasteiger partial charge in [0.1, 0.15) is 6.10 Å². The predicted octanol–water partition coefficient (Wildman–Crippen LogP) is 2.64. The van der Waals surface area contributed by atoms with Gasteiger partial charge < -0.3 is 21.9 Å². The quantitative estimate of drug-likeness (QED) is 0.528. The van der Waals surface area contributed by atoms with Gasteiger partial charge in [0.05, 0.1) is 6.42 Å². The number of nitrogens with two attached hydrogens (primary N) is 3. The molecule has 0 aliphatic rings. The number of rotatable bonds is 4. The molecule has 7 nitrogen and oxygen atoms in total. The molecule has 1 aromatic rings. The number of halogens is 3. The molecule has 1 aromatic carbocycles. The predicted molar refractivity (Wildman–Crippen MR) is 98.7 cm³/mol. The average Bonchev–Trinajstić information content (AvgIpc) is 2.42. The maximum atomic E-state index is 11.3. The molecule has 0 saturated heterocycles. The minimum atomic E-state index is -0.695. The SMILES string of the molecule is CCC(C)OC(N)=O.Cl.NC(N)=NC(=O)Cc1c(Cl)cccc1Cl. The van der Waals surface area contributed by atoms with Crippen molar-refractivity contribution in [3.63, 3.8) is 0 Å². The van der Waals surface area contributed by atoms with Gasteiger partial charge in [0.2, 0.25) is 0 Å². The number of aliphatic imine (C=N–C) groups is 1. The molecule has 0 saturated carbocycles. The van der Waals surface area contributed by atoms with Crippen LogP contribution in [0.4, 0.5) is 4.79 Å². The van der Waals surface area contributed by atoms with E-state index in [9.17, 15) is 9.59 Å². The van der Waals surface area contributed by atoms with Gasteiger partial charge in [-0.3, -0.25) is 4.79 Å². The number of nitrogens with zero attached hydrogens (tertiary/aromatic N) is 1. The number of carbonyl (C=O) groups is 2. The minimum absolute atomic E-state index is 0. The highest BCUT2D eigenvalue weighted by molar-refractivity contribution is 6.36. The lowest BCUT2D eigenvalue weighted by Gasteiger charge is -2.06. The van der Waals surface area contributed by atoms with E-state index in [0.29, 0.717) is 15.6 Å². The van der Waals surface area contributed by atoms with Crippen LogP contribution in [0.5, 0.6) is 0 Å². The Morgan fingerprint density at radius 2 is 1.71 bits per heavy atom. The van der Waals surface area contributed by atoms with Crippen LogP contribution in [-0.4, -0.2) is 24.1 Å². The van der Waals surface area contributed by atoms with Crippen molar-refractivity contribution < 1.29 is 14.3 Å². The van der Waals surface area contributed by atoms with Gasteiger partial charge in [-0.1, -0.05) is 36.2 Å². The highest BCUT2D eigenvalue weighted by Gasteiger charge is 2.10. The topological polar surface area (TPSA) is 134 Å². The van der Waals surface area contributed by atoms with Crippen molar-refractivity contribution >= 4 is 53.6 Å². The second-order valence-corrected chi connectivity index (χ2v) is 5.28. The van der Waals surface area contributed by atoms with Crippen LogP contribution in [0, 0.1) is 0 Å². The summed E-state index contributed by atoms with van der Waals surface area (Å²) in [6, 6.07) is 4.98. The molecule has 2 amide bonds. The second kappa shape index (κ2) is 12.7. The van der Waals surface area contributed by atoms with Gasteiger partial charge in [-0.2, -0.15) is 4.99 Å². The smallest absolute Gasteiger partial charge is 0.404 e. The Morgan fingerprint density at radius 1 is 1.21 bits per heavy atom. The van der Waals surface area contributed by atoms with Crippen molar-refractivity contribution in [2.75, 3.05) is 0 Å². The number of hydrogen-bond donors (Lipinski definition) is 3. The number of guanidine groups is 1. The van der Waals surface area contributed by atoms with Crippen LogP contribution >= 0.6 is 35.6 Å². The van der Waals surface area contributed by atoms with Crippen LogP contribution in [0.3, 0.4) is 0 Å². The normalized spacial score (nSPS) is 10.3. The number of amides is 2. The third-order valence-corrected chi connectivity index (χ3v) is 3.24. The van der Waals surface area contributed by atoms with E-state index >= 15 is 0 Å². The van der Waals surface area contributed by atoms with Gasteiger partial charge in [0.25, 0.3) is 5.91 Å². The highest BCUT2D eigenvalue weighted by Crippen LogP contribution is 2.24. The molecule has 6 N–H and O–H groups in total. The number of hydrogen-bond acceptors (Lipinski definition) is 3. The van der Waals surface area contributed by atoms with Gasteiger partial charge in [-0.25, -0.2) is 4.79 Å². The first kappa shape index (κ1) is 24.6. The summed E-state index contributed by atoms with van der Waals surface area (Å²) in [5.74, 6) is -0.756. The summed E-state index contributed by atoms with van der Waals surface area (Å²) in [6.45, 7) is 3.72. The maximum Gasteiger partial charge on any atom is 0.404 e. The Bertz CT molecular complexity index is 558. The first-order valence-corrected chi connectivity index (χ1v) is 7.44. The summed E-state index contributed by atoms with van der Waals surface area (Å²) in [5, 5.41) is 0.836. The maximum absolute atomic E-state index is 11.3. The van der Waals surface area contributed by atoms with Crippen LogP contribution < -0.4 is 17.2 Å². The van der Waals surface area contributed by atoms with Gasteiger partial charge in [0.15, 0.2) is 5.96 Å². The van der Waals surface area contributed by atoms with Crippen molar-refractivity contribution in [2.24, 2.45) is 22.2 Å². The summed E-state index contributed by atoms with van der Waals surface area (Å²) in [4.78, 5) is 24.6. The first-order chi connectivity index (χ1) is 10.7. The van der Waals surface area contributed by atoms with Crippen LogP contribution in [0.1, 0.15) is 25.8 Å². The zero-order valence-corrected chi connectivity index (χ0v) is 15.6. The van der Waals surface area contributed by atoms with E-state index in [1.807, 2.05) is 6.92 Å². The molecule has 0 bridgehead atoms. The highest BCUT2D eigenvalue weighted by atomic mass is 35.5. The number of primary amides is 1. The summed E-state index contributed by atoms with van der Waals surface area (Å²) in [7, 11) is 0. The average molecular weight is 400 g/mol. The zero-order valence-electron chi connectivity index (χ0n) is 13.3. The molecule has 24 heavy (non-hydrogen) atoms. The molecule has 1 unspecified atom stereocenters. The van der Waals surface area contributed by atoms with E-state index in [0.717, 1.165) is 6.42 Å². The Morgan fingerprint density at radius 3 is 2.04 bits per heavy atom. The third kappa shape index (κ3) is 10.9. The Hall–Kier alpha value is -1.70. The lowest BCUT2D eigenvalue weighted by molar-refractivity contribution is -0.117. The Labute approximate surface area is 156 Å². The van der Waals surface area contributed by atoms with Gasteiger partial charge in [0, 0.05) is 10.0 Å². The fourth-order valence-corrected chi connectivity index (χ4v) is 1.85. The third-order valence-electron chi connectivity index (χ3n) is 2.54. The van der Waals surface area contributed by atoms with Crippen molar-refractivity contribution in [1.82, 2.24) is 0 Å². The molecule has 1 rings (SSSR count). The van der Waals surface area contributed by atoms with E-state index in [1.54, 1.807) is 25.1 Å². The Kier molecular flexibility index (Phi) is 13.0. The van der Waals surface area contributed by atoms with Gasteiger partial charge >= 0.3 is 6.09 Å². The van der Waals surface area contributed by atoms with E-state index in [-0.39, 0.29) is 30.9 Å². The summed E-state index contributed by atoms with van der Waals surface area (Å²) < 4.78 is 4.54. The van der Waals surface area contributed by atoms with Crippen molar-refractivity contribution in [3.8, 4) is 0 Å². The van der Waals surface area contributed by atoms with Crippen LogP contribution in [0.15, 0.2) is 23.2 Å². The van der Waals surface area contributed by atoms with Crippen molar-refractivity contribution in [1.29, 1.82) is 0 Å². The van der Waals surface area contributed by atoms with Crippen LogP contribution in [0.2, 0.25) is 10.0 Å². The number of benzene rings is 1. The fourth-order valence-electron chi connectivity index (χ4n) is 1.32. The lowest BCUT2D eigenvalue weighted by atomic mass is 10.1. The molecule has 0 spiro atoms. The zero-order chi connectivity index (χ0) is 18.0. The summed E-state index contributed by atoms with van der Waals surface area (Å²) in [6.07, 6.45) is 0.0474. The van der Waals surface area contributed by atoms with Gasteiger partial charge in [-0.05, 0) is 31.0 Å². The molecule has 10 heteroatoms. The molecule has 0 fully saturated rings. The summed E-state index contributed by atoms with van der Waals surface area (Å²) >= 11 is 11.7. The van der Waals surface area contributed by atoms with E-state index in [4.69, 9.17) is 40.4 Å². The molecule has 0 aromatic heterocycles. The van der Waals surface area contributed by atoms with Crippen LogP contribution in [-0.2, 0) is 16.0 Å². The van der Waals surface area contributed by atoms with Crippen LogP contribution in [0.25, 0.3) is 0 Å². The van der Waals surface area contributed by atoms with Crippen molar-refractivity contribution in [3.05, 3.63) is 33.8 Å². The molecule has 0 radical (unpaired) electrons. The monoisotopic (exact) mass is 398 g/mol. The summed E-state index contributed by atoms with van der Waals surface area (Å²) in [5.41, 5.74) is 15.4. The van der Waals surface area contributed by atoms with Crippen molar-refractivity contribution in [2.45, 2.75) is 32.8 Å². The molecule has 0 heterocycles. The van der Waals surface area contributed by atoms with E-state index in [1.165, 1.54) is 0 Å². The number of carbonyl (C=O) groups excluding carboxylic acids is 2. The molecular formula is C14H21Cl3N4O3. The van der Waals surface area contributed by atoms with E-state index in [2.05, 4.69) is 9.73 Å². The lowest BCUT2D eigenvalue weighted by Crippen LogP contribution is -2.24. The number of ether oxygens (including phenoxy) is 1. The standard InChI is InChI=1S/C9H9Cl2N3O.C5H11NO2.ClH/c10-6-2-1-3-7(11)5(6)4-8(15)14-9(12)13;1-3-4(2)8-5(6)7;/h1-3H,4H2,(H4,12,13,14,15);4H,3H2,1-2H3,(H2,6,7);1H. The molecule has 1 atom stereocenters. The molecule has 0 aliphatic heterocycles. The molecular weight excluding hydrogens is 379 g/mol. The minimum Gasteiger partial charge on any atom is -0.447 e.